The van der Waals surface area contributed by atoms with E-state index < -0.39 is 5.92 Å². The highest BCUT2D eigenvalue weighted by molar-refractivity contribution is 5.95. The third kappa shape index (κ3) is 4.54. The molecule has 0 spiro atoms. The lowest BCUT2D eigenvalue weighted by Crippen LogP contribution is -2.26. The number of H-pyrrole nitrogens is 2. The van der Waals surface area contributed by atoms with Crippen molar-refractivity contribution in [2.45, 2.75) is 26.2 Å². The number of aromatic amines is 2. The second-order valence-corrected chi connectivity index (χ2v) is 9.06. The minimum absolute atomic E-state index is 0.0815. The summed E-state index contributed by atoms with van der Waals surface area (Å²) in [6, 6.07) is 7.88. The lowest BCUT2D eigenvalue weighted by molar-refractivity contribution is 0.0131. The van der Waals surface area contributed by atoms with E-state index in [1.807, 2.05) is 50.3 Å². The van der Waals surface area contributed by atoms with E-state index in [0.717, 1.165) is 50.1 Å². The lowest BCUT2D eigenvalue weighted by Gasteiger charge is -2.16. The van der Waals surface area contributed by atoms with Crippen LogP contribution in [0.5, 0.6) is 0 Å². The highest BCUT2D eigenvalue weighted by Crippen LogP contribution is 2.31. The predicted octanol–water partition coefficient (Wildman–Crippen LogP) is 5.75. The Kier molecular flexibility index (Phi) is 5.61. The minimum Gasteiger partial charge on any atom is -0.352 e. The van der Waals surface area contributed by atoms with Gasteiger partial charge in [0.15, 0.2) is 5.65 Å². The average Bonchev–Trinajstić information content (AvgIpc) is 3.48. The van der Waals surface area contributed by atoms with E-state index in [4.69, 9.17) is 0 Å². The van der Waals surface area contributed by atoms with E-state index in [1.54, 1.807) is 17.3 Å². The summed E-state index contributed by atoms with van der Waals surface area (Å²) in [6.07, 6.45) is 7.48. The first-order valence-corrected chi connectivity index (χ1v) is 11.2. The van der Waals surface area contributed by atoms with Gasteiger partial charge >= 0.3 is 0 Å². The number of rotatable bonds is 6. The van der Waals surface area contributed by atoms with Gasteiger partial charge in [-0.25, -0.2) is 13.8 Å². The van der Waals surface area contributed by atoms with E-state index in [0.29, 0.717) is 18.7 Å². The number of pyridine rings is 2. The largest absolute Gasteiger partial charge is 0.352 e. The van der Waals surface area contributed by atoms with Gasteiger partial charge in [-0.3, -0.25) is 15.0 Å². The number of halogens is 2. The fourth-order valence-corrected chi connectivity index (χ4v) is 4.43. The molecule has 1 aliphatic rings. The van der Waals surface area contributed by atoms with Crippen molar-refractivity contribution in [3.8, 4) is 11.4 Å². The minimum atomic E-state index is -2.60. The maximum Gasteiger partial charge on any atom is 0.261 e. The molecule has 8 heteroatoms. The van der Waals surface area contributed by atoms with Gasteiger partial charge in [0.25, 0.3) is 5.92 Å². The molecule has 174 valence electrons. The van der Waals surface area contributed by atoms with Crippen molar-refractivity contribution in [3.05, 3.63) is 72.1 Å². The topological polar surface area (TPSA) is 73.5 Å². The molecule has 0 saturated carbocycles. The van der Waals surface area contributed by atoms with Crippen LogP contribution in [0, 0.1) is 0 Å². The summed E-state index contributed by atoms with van der Waals surface area (Å²) in [5.41, 5.74) is 7.82. The Morgan fingerprint density at radius 1 is 1.24 bits per heavy atom. The van der Waals surface area contributed by atoms with Crippen LogP contribution in [0.1, 0.15) is 25.8 Å². The van der Waals surface area contributed by atoms with Crippen molar-refractivity contribution >= 4 is 27.6 Å². The molecule has 34 heavy (non-hydrogen) atoms. The second kappa shape index (κ2) is 8.61. The molecule has 0 aromatic carbocycles. The van der Waals surface area contributed by atoms with Gasteiger partial charge in [0.05, 0.1) is 23.3 Å². The van der Waals surface area contributed by atoms with E-state index in [9.17, 15) is 8.78 Å². The Morgan fingerprint density at radius 3 is 2.82 bits per heavy atom. The van der Waals surface area contributed by atoms with Gasteiger partial charge < -0.3 is 4.98 Å². The number of likely N-dealkylation sites (tertiary alicyclic amines) is 1. The van der Waals surface area contributed by atoms with Gasteiger partial charge in [0.2, 0.25) is 0 Å². The zero-order valence-corrected chi connectivity index (χ0v) is 19.2. The van der Waals surface area contributed by atoms with Gasteiger partial charge in [0, 0.05) is 42.9 Å². The summed E-state index contributed by atoms with van der Waals surface area (Å²) in [5, 5.41) is 8.37. The number of fused-ring (bicyclic) bond motifs is 2. The summed E-state index contributed by atoms with van der Waals surface area (Å²) in [4.78, 5) is 14.1. The van der Waals surface area contributed by atoms with Gasteiger partial charge in [-0.2, -0.15) is 5.10 Å². The molecule has 0 radical (unpaired) electrons. The molecule has 0 aliphatic carbocycles. The summed E-state index contributed by atoms with van der Waals surface area (Å²) in [6.45, 7) is 8.63. The van der Waals surface area contributed by atoms with Crippen LogP contribution in [0.4, 0.5) is 8.78 Å². The molecule has 6 nitrogen and oxygen atoms in total. The van der Waals surface area contributed by atoms with Crippen LogP contribution in [-0.2, 0) is 0 Å². The number of hydrogen-bond acceptors (Lipinski definition) is 4. The molecule has 4 aromatic rings. The molecule has 0 unspecified atom stereocenters. The lowest BCUT2D eigenvalue weighted by atomic mass is 10.0. The first-order chi connectivity index (χ1) is 16.3. The molecular formula is C26H26F2N6. The fourth-order valence-electron chi connectivity index (χ4n) is 4.43. The van der Waals surface area contributed by atoms with Crippen molar-refractivity contribution in [2.24, 2.45) is 0 Å². The Labute approximate surface area is 196 Å². The van der Waals surface area contributed by atoms with Crippen LogP contribution in [0.2, 0.25) is 0 Å². The molecule has 0 amide bonds. The average molecular weight is 461 g/mol. The predicted molar refractivity (Wildman–Crippen MR) is 132 cm³/mol. The highest BCUT2D eigenvalue weighted by Gasteiger charge is 2.37. The van der Waals surface area contributed by atoms with Crippen molar-refractivity contribution in [1.29, 1.82) is 0 Å². The Balaban J connectivity index is 1.50. The SMILES string of the molecule is C=C(C)/C=C(\C=C(/C)CN1CCC(F)(F)C1)c1cnc2[nH]nc(-c3cc4ncccc4[nH]3)c2c1. The summed E-state index contributed by atoms with van der Waals surface area (Å²) >= 11 is 0. The summed E-state index contributed by atoms with van der Waals surface area (Å²) in [5.74, 6) is -2.60. The smallest absolute Gasteiger partial charge is 0.261 e. The second-order valence-electron chi connectivity index (χ2n) is 9.06. The van der Waals surface area contributed by atoms with Crippen LogP contribution >= 0.6 is 0 Å². The Bertz CT molecular complexity index is 1410. The maximum atomic E-state index is 13.6. The number of alkyl halides is 2. The van der Waals surface area contributed by atoms with Crippen LogP contribution in [0.25, 0.3) is 39.0 Å². The van der Waals surface area contributed by atoms with Crippen LogP contribution in [-0.4, -0.2) is 55.6 Å². The molecule has 0 bridgehead atoms. The Hall–Kier alpha value is -3.65. The monoisotopic (exact) mass is 460 g/mol. The van der Waals surface area contributed by atoms with Crippen molar-refractivity contribution < 1.29 is 8.78 Å². The van der Waals surface area contributed by atoms with Crippen molar-refractivity contribution in [2.75, 3.05) is 19.6 Å². The molecule has 5 heterocycles. The zero-order valence-electron chi connectivity index (χ0n) is 19.2. The van der Waals surface area contributed by atoms with Crippen LogP contribution in [0.15, 0.2) is 66.5 Å². The fraction of sp³-hybridized carbons (Fsp3) is 0.269. The van der Waals surface area contributed by atoms with Gasteiger partial charge in [-0.05, 0) is 43.7 Å². The van der Waals surface area contributed by atoms with Crippen molar-refractivity contribution in [1.82, 2.24) is 30.0 Å². The van der Waals surface area contributed by atoms with Gasteiger partial charge in [-0.15, -0.1) is 0 Å². The molecule has 1 saturated heterocycles. The number of nitrogens with one attached hydrogen (secondary N) is 2. The third-order valence-electron chi connectivity index (χ3n) is 5.92. The normalized spacial score (nSPS) is 17.2. The molecule has 2 N–H and O–H groups in total. The molecule has 1 aliphatic heterocycles. The van der Waals surface area contributed by atoms with Gasteiger partial charge in [-0.1, -0.05) is 29.9 Å². The number of aromatic nitrogens is 5. The van der Waals surface area contributed by atoms with E-state index in [1.165, 1.54) is 0 Å². The highest BCUT2D eigenvalue weighted by atomic mass is 19.3. The first-order valence-electron chi connectivity index (χ1n) is 11.2. The third-order valence-corrected chi connectivity index (χ3v) is 5.92. The maximum absolute atomic E-state index is 13.6. The molecular weight excluding hydrogens is 434 g/mol. The quantitative estimate of drug-likeness (QED) is 0.360. The summed E-state index contributed by atoms with van der Waals surface area (Å²) < 4.78 is 27.2. The number of allylic oxidation sites excluding steroid dienone is 4. The van der Waals surface area contributed by atoms with E-state index in [2.05, 4.69) is 31.7 Å². The molecule has 4 aromatic heterocycles. The number of nitrogens with zero attached hydrogens (tertiary/aromatic N) is 4. The van der Waals surface area contributed by atoms with Crippen LogP contribution < -0.4 is 0 Å². The van der Waals surface area contributed by atoms with Crippen molar-refractivity contribution in [3.63, 3.8) is 0 Å². The Morgan fingerprint density at radius 2 is 2.09 bits per heavy atom. The van der Waals surface area contributed by atoms with E-state index in [-0.39, 0.29) is 13.0 Å². The van der Waals surface area contributed by atoms with E-state index >= 15 is 0 Å². The number of hydrogen-bond donors (Lipinski definition) is 2. The standard InChI is InChI=1S/C26H26F2N6/c1-16(2)9-18(10-17(3)14-34-8-6-26(27,28)15-34)19-11-20-24(32-33-25(20)30-13-19)23-12-22-21(31-23)5-4-7-29-22/h4-5,7,9-13,31H,1,6,8,14-15H2,2-3H3,(H,30,32,33)/b17-10+,18-9+. The zero-order chi connectivity index (χ0) is 23.9. The molecule has 5 rings (SSSR count). The first kappa shape index (κ1) is 22.2. The summed E-state index contributed by atoms with van der Waals surface area (Å²) in [7, 11) is 0. The van der Waals surface area contributed by atoms with Gasteiger partial charge in [0.1, 0.15) is 5.69 Å². The molecule has 0 atom stereocenters. The van der Waals surface area contributed by atoms with Crippen LogP contribution in [0.3, 0.4) is 0 Å². The molecule has 1 fully saturated rings.